The van der Waals surface area contributed by atoms with E-state index in [1.54, 1.807) is 6.07 Å². The number of hydrogen-bond acceptors (Lipinski definition) is 4. The third-order valence-corrected chi connectivity index (χ3v) is 4.13. The quantitative estimate of drug-likeness (QED) is 0.881. The van der Waals surface area contributed by atoms with Crippen molar-refractivity contribution in [3.63, 3.8) is 0 Å². The number of carboxylic acids is 1. The second-order valence-electron chi connectivity index (χ2n) is 5.28. The van der Waals surface area contributed by atoms with Crippen molar-refractivity contribution in [2.75, 3.05) is 13.2 Å². The van der Waals surface area contributed by atoms with Crippen LogP contribution in [0.15, 0.2) is 6.07 Å². The largest absolute Gasteiger partial charge is 0.493 e. The molecular weight excluding hydrogens is 272 g/mol. The Balaban J connectivity index is 1.98. The van der Waals surface area contributed by atoms with Gasteiger partial charge >= 0.3 is 5.97 Å². The number of carboxylic acid groups (broad SMARTS) is 1. The molecule has 6 heteroatoms. The first-order valence-corrected chi connectivity index (χ1v) is 6.90. The number of H-pyrrole nitrogens is 1. The molecule has 0 aliphatic carbocycles. The van der Waals surface area contributed by atoms with Gasteiger partial charge in [0.2, 0.25) is 0 Å². The third-order valence-electron chi connectivity index (χ3n) is 4.13. The molecule has 108 valence electrons. The van der Waals surface area contributed by atoms with Gasteiger partial charge in [-0.15, -0.1) is 0 Å². The highest BCUT2D eigenvalue weighted by atomic mass is 16.5. The summed E-state index contributed by atoms with van der Waals surface area (Å²) in [6.45, 7) is 3.33. The maximum atomic E-state index is 11.0. The molecule has 2 aliphatic rings. The Labute approximate surface area is 120 Å². The van der Waals surface area contributed by atoms with E-state index in [1.165, 1.54) is 0 Å². The van der Waals surface area contributed by atoms with E-state index in [1.807, 2.05) is 0 Å². The fourth-order valence-corrected chi connectivity index (χ4v) is 3.17. The molecule has 0 spiro atoms. The number of aromatic carboxylic acids is 1. The summed E-state index contributed by atoms with van der Waals surface area (Å²) in [6, 6.07) is 1.55. The molecule has 0 saturated carbocycles. The smallest absolute Gasteiger partial charge is 0.353 e. The number of ether oxygens (including phenoxy) is 2. The number of fused-ring (bicyclic) bond motifs is 2. The lowest BCUT2D eigenvalue weighted by Crippen LogP contribution is -1.95. The molecule has 3 heterocycles. The summed E-state index contributed by atoms with van der Waals surface area (Å²) in [5.74, 6) is 0.723. The zero-order valence-corrected chi connectivity index (χ0v) is 11.5. The van der Waals surface area contributed by atoms with Gasteiger partial charge in [-0.2, -0.15) is 5.10 Å². The molecule has 0 unspecified atom stereocenters. The molecule has 2 aromatic rings. The van der Waals surface area contributed by atoms with E-state index >= 15 is 0 Å². The molecule has 0 atom stereocenters. The molecule has 1 aromatic heterocycles. The number of benzene rings is 1. The molecule has 0 bridgehead atoms. The number of rotatable bonds is 2. The van der Waals surface area contributed by atoms with Crippen molar-refractivity contribution in [2.45, 2.75) is 19.8 Å². The summed E-state index contributed by atoms with van der Waals surface area (Å²) in [4.78, 5) is 11.0. The Morgan fingerprint density at radius 3 is 2.67 bits per heavy atom. The first-order chi connectivity index (χ1) is 10.2. The molecule has 0 saturated heterocycles. The average Bonchev–Trinajstić information content (AvgIpc) is 3.19. The normalized spacial score (nSPS) is 15.3. The zero-order chi connectivity index (χ0) is 14.6. The van der Waals surface area contributed by atoms with Gasteiger partial charge in [-0.3, -0.25) is 5.10 Å². The van der Waals surface area contributed by atoms with E-state index in [0.717, 1.165) is 46.6 Å². The molecule has 6 nitrogen and oxygen atoms in total. The summed E-state index contributed by atoms with van der Waals surface area (Å²) in [5.41, 5.74) is 4.90. The van der Waals surface area contributed by atoms with Crippen LogP contribution >= 0.6 is 0 Å². The van der Waals surface area contributed by atoms with Gasteiger partial charge in [0.05, 0.1) is 24.5 Å². The minimum absolute atomic E-state index is 0.0741. The predicted octanol–water partition coefficient (Wildman–Crippen LogP) is 1.95. The predicted molar refractivity (Wildman–Crippen MR) is 74.1 cm³/mol. The summed E-state index contributed by atoms with van der Waals surface area (Å²) in [5, 5.41) is 15.8. The zero-order valence-electron chi connectivity index (χ0n) is 11.5. The molecule has 1 aromatic carbocycles. The fraction of sp³-hybridized carbons (Fsp3) is 0.333. The molecule has 4 rings (SSSR count). The topological polar surface area (TPSA) is 84.4 Å². The van der Waals surface area contributed by atoms with E-state index in [9.17, 15) is 4.79 Å². The Hall–Kier alpha value is -2.50. The molecule has 0 fully saturated rings. The first-order valence-electron chi connectivity index (χ1n) is 6.90. The Morgan fingerprint density at radius 2 is 1.95 bits per heavy atom. The van der Waals surface area contributed by atoms with Gasteiger partial charge in [-0.05, 0) is 18.6 Å². The van der Waals surface area contributed by atoms with E-state index in [-0.39, 0.29) is 5.69 Å². The minimum Gasteiger partial charge on any atom is -0.493 e. The summed E-state index contributed by atoms with van der Waals surface area (Å²) in [7, 11) is 0. The van der Waals surface area contributed by atoms with Crippen LogP contribution in [0.1, 0.15) is 27.2 Å². The van der Waals surface area contributed by atoms with Crippen LogP contribution in [0.25, 0.3) is 11.3 Å². The van der Waals surface area contributed by atoms with E-state index in [2.05, 4.69) is 17.1 Å². The van der Waals surface area contributed by atoms with Gasteiger partial charge in [-0.1, -0.05) is 0 Å². The lowest BCUT2D eigenvalue weighted by Gasteiger charge is -2.14. The van der Waals surface area contributed by atoms with Crippen LogP contribution in [0.2, 0.25) is 0 Å². The molecule has 2 aliphatic heterocycles. The fourth-order valence-electron chi connectivity index (χ4n) is 3.17. The van der Waals surface area contributed by atoms with Gasteiger partial charge in [0.1, 0.15) is 17.2 Å². The van der Waals surface area contributed by atoms with Crippen LogP contribution in [-0.4, -0.2) is 34.5 Å². The Bertz CT molecular complexity index is 728. The van der Waals surface area contributed by atoms with Gasteiger partial charge < -0.3 is 14.6 Å². The van der Waals surface area contributed by atoms with Crippen LogP contribution in [0.5, 0.6) is 11.5 Å². The highest BCUT2D eigenvalue weighted by Gasteiger charge is 2.31. The van der Waals surface area contributed by atoms with Gasteiger partial charge in [0.25, 0.3) is 0 Å². The second kappa shape index (κ2) is 4.25. The molecule has 2 N–H and O–H groups in total. The number of hydrogen-bond donors (Lipinski definition) is 2. The minimum atomic E-state index is -1.02. The maximum absolute atomic E-state index is 11.0. The lowest BCUT2D eigenvalue weighted by atomic mass is 9.93. The van der Waals surface area contributed by atoms with Crippen molar-refractivity contribution in [1.29, 1.82) is 0 Å². The summed E-state index contributed by atoms with van der Waals surface area (Å²) in [6.07, 6.45) is 1.64. The van der Waals surface area contributed by atoms with Crippen molar-refractivity contribution < 1.29 is 19.4 Å². The van der Waals surface area contributed by atoms with Gasteiger partial charge in [0, 0.05) is 24.0 Å². The molecule has 21 heavy (non-hydrogen) atoms. The van der Waals surface area contributed by atoms with Gasteiger partial charge in [-0.25, -0.2) is 4.79 Å². The van der Waals surface area contributed by atoms with Gasteiger partial charge in [0.15, 0.2) is 0 Å². The third kappa shape index (κ3) is 1.65. The van der Waals surface area contributed by atoms with Crippen LogP contribution in [0.4, 0.5) is 0 Å². The van der Waals surface area contributed by atoms with Crippen LogP contribution in [0, 0.1) is 6.92 Å². The lowest BCUT2D eigenvalue weighted by molar-refractivity contribution is 0.0690. The van der Waals surface area contributed by atoms with Crippen molar-refractivity contribution in [3.05, 3.63) is 28.5 Å². The summed E-state index contributed by atoms with van der Waals surface area (Å²) < 4.78 is 11.6. The SMILES string of the molecule is Cc1c2c(c(-c3cc(C(=O)O)[nH]n3)c3c1OCC3)OCC2. The molecule has 0 amide bonds. The Morgan fingerprint density at radius 1 is 1.24 bits per heavy atom. The van der Waals surface area contributed by atoms with E-state index in [4.69, 9.17) is 14.6 Å². The highest BCUT2D eigenvalue weighted by Crippen LogP contribution is 2.48. The molecular formula is C15H14N2O4. The second-order valence-corrected chi connectivity index (χ2v) is 5.28. The number of aromatic nitrogens is 2. The highest BCUT2D eigenvalue weighted by molar-refractivity contribution is 5.88. The van der Waals surface area contributed by atoms with Crippen LogP contribution in [0.3, 0.4) is 0 Å². The van der Waals surface area contributed by atoms with Crippen molar-refractivity contribution in [1.82, 2.24) is 10.2 Å². The Kier molecular flexibility index (Phi) is 2.48. The van der Waals surface area contributed by atoms with Crippen molar-refractivity contribution in [3.8, 4) is 22.8 Å². The van der Waals surface area contributed by atoms with E-state index in [0.29, 0.717) is 18.9 Å². The van der Waals surface area contributed by atoms with Crippen LogP contribution < -0.4 is 9.47 Å². The average molecular weight is 286 g/mol. The maximum Gasteiger partial charge on any atom is 0.353 e. The first kappa shape index (κ1) is 12.3. The number of nitrogens with zero attached hydrogens (tertiary/aromatic N) is 1. The number of nitrogens with one attached hydrogen (secondary N) is 1. The van der Waals surface area contributed by atoms with Crippen LogP contribution in [-0.2, 0) is 12.8 Å². The summed E-state index contributed by atoms with van der Waals surface area (Å²) >= 11 is 0. The van der Waals surface area contributed by atoms with Crippen molar-refractivity contribution in [2.24, 2.45) is 0 Å². The number of aromatic amines is 1. The van der Waals surface area contributed by atoms with E-state index < -0.39 is 5.97 Å². The molecule has 0 radical (unpaired) electrons. The monoisotopic (exact) mass is 286 g/mol. The van der Waals surface area contributed by atoms with Crippen molar-refractivity contribution >= 4 is 5.97 Å². The number of carbonyl (C=O) groups is 1. The standard InChI is InChI=1S/C15H14N2O4/c1-7-8-2-4-21-14(8)12(9-3-5-20-13(7)9)10-6-11(15(18)19)17-16-10/h6H,2-5H2,1H3,(H,16,17)(H,18,19).